The van der Waals surface area contributed by atoms with Gasteiger partial charge < -0.3 is 5.11 Å². The summed E-state index contributed by atoms with van der Waals surface area (Å²) in [5.74, 6) is -0.188. The van der Waals surface area contributed by atoms with Crippen LogP contribution >= 0.6 is 15.9 Å². The number of amides is 1. The van der Waals surface area contributed by atoms with Crippen LogP contribution in [-0.2, 0) is 0 Å². The average molecular weight is 273 g/mol. The Hall–Kier alpha value is -0.910. The van der Waals surface area contributed by atoms with Crippen LogP contribution in [0.2, 0.25) is 0 Å². The molecule has 0 fully saturated rings. The SMILES string of the molecule is CN(CCO)NC(=O)c1cccc(Br)c1. The van der Waals surface area contributed by atoms with E-state index in [1.807, 2.05) is 6.07 Å². The molecule has 0 saturated heterocycles. The quantitative estimate of drug-likeness (QED) is 0.805. The fourth-order valence-electron chi connectivity index (χ4n) is 1.07. The smallest absolute Gasteiger partial charge is 0.265 e. The number of hydrazine groups is 1. The van der Waals surface area contributed by atoms with E-state index < -0.39 is 0 Å². The number of hydrogen-bond acceptors (Lipinski definition) is 3. The molecule has 0 bridgehead atoms. The van der Waals surface area contributed by atoms with Crippen molar-refractivity contribution in [3.05, 3.63) is 34.3 Å². The molecule has 1 aromatic rings. The summed E-state index contributed by atoms with van der Waals surface area (Å²) >= 11 is 3.29. The maximum Gasteiger partial charge on any atom is 0.265 e. The van der Waals surface area contributed by atoms with Crippen molar-refractivity contribution in [2.24, 2.45) is 0 Å². The van der Waals surface area contributed by atoms with E-state index in [9.17, 15) is 4.79 Å². The molecule has 15 heavy (non-hydrogen) atoms. The van der Waals surface area contributed by atoms with Gasteiger partial charge in [0.2, 0.25) is 0 Å². The lowest BCUT2D eigenvalue weighted by Crippen LogP contribution is -2.40. The Bertz CT molecular complexity index is 344. The number of carbonyl (C=O) groups is 1. The van der Waals surface area contributed by atoms with E-state index in [4.69, 9.17) is 5.11 Å². The average Bonchev–Trinajstić information content (AvgIpc) is 2.18. The molecule has 0 aliphatic rings. The van der Waals surface area contributed by atoms with Crippen molar-refractivity contribution in [3.8, 4) is 0 Å². The Morgan fingerprint density at radius 1 is 1.60 bits per heavy atom. The molecule has 4 nitrogen and oxygen atoms in total. The molecule has 0 aliphatic carbocycles. The Morgan fingerprint density at radius 3 is 2.93 bits per heavy atom. The first-order chi connectivity index (χ1) is 7.13. The van der Waals surface area contributed by atoms with Gasteiger partial charge in [0.1, 0.15) is 0 Å². The van der Waals surface area contributed by atoms with Crippen molar-refractivity contribution in [2.45, 2.75) is 0 Å². The van der Waals surface area contributed by atoms with Crippen LogP contribution in [0, 0.1) is 0 Å². The molecule has 82 valence electrons. The molecule has 0 aromatic heterocycles. The molecule has 0 radical (unpaired) electrons. The number of aliphatic hydroxyl groups is 1. The van der Waals surface area contributed by atoms with Gasteiger partial charge in [-0.15, -0.1) is 0 Å². The zero-order valence-electron chi connectivity index (χ0n) is 8.40. The lowest BCUT2D eigenvalue weighted by molar-refractivity contribution is 0.0802. The molecule has 0 saturated carbocycles. The van der Waals surface area contributed by atoms with Crippen molar-refractivity contribution in [3.63, 3.8) is 0 Å². The van der Waals surface area contributed by atoms with Crippen LogP contribution in [0.4, 0.5) is 0 Å². The normalized spacial score (nSPS) is 10.4. The van der Waals surface area contributed by atoms with E-state index in [2.05, 4.69) is 21.4 Å². The van der Waals surface area contributed by atoms with Crippen molar-refractivity contribution < 1.29 is 9.90 Å². The van der Waals surface area contributed by atoms with Crippen LogP contribution in [0.25, 0.3) is 0 Å². The van der Waals surface area contributed by atoms with Crippen LogP contribution in [0.1, 0.15) is 10.4 Å². The van der Waals surface area contributed by atoms with Crippen molar-refractivity contribution >= 4 is 21.8 Å². The van der Waals surface area contributed by atoms with Crippen LogP contribution in [0.15, 0.2) is 28.7 Å². The summed E-state index contributed by atoms with van der Waals surface area (Å²) < 4.78 is 0.861. The highest BCUT2D eigenvalue weighted by molar-refractivity contribution is 9.10. The highest BCUT2D eigenvalue weighted by Crippen LogP contribution is 2.11. The summed E-state index contributed by atoms with van der Waals surface area (Å²) in [6.45, 7) is 0.412. The highest BCUT2D eigenvalue weighted by Gasteiger charge is 2.07. The van der Waals surface area contributed by atoms with Gasteiger partial charge in [-0.25, -0.2) is 5.01 Å². The maximum atomic E-state index is 11.6. The third kappa shape index (κ3) is 3.99. The summed E-state index contributed by atoms with van der Waals surface area (Å²) in [6.07, 6.45) is 0. The van der Waals surface area contributed by atoms with Gasteiger partial charge in [0.05, 0.1) is 6.61 Å². The first kappa shape index (κ1) is 12.2. The van der Waals surface area contributed by atoms with Gasteiger partial charge in [0, 0.05) is 23.6 Å². The Kier molecular flexibility index (Phi) is 4.74. The Balaban J connectivity index is 2.61. The molecule has 5 heteroatoms. The summed E-state index contributed by atoms with van der Waals surface area (Å²) in [7, 11) is 1.70. The van der Waals surface area contributed by atoms with Crippen LogP contribution in [0.5, 0.6) is 0 Å². The molecule has 0 spiro atoms. The fraction of sp³-hybridized carbons (Fsp3) is 0.300. The lowest BCUT2D eigenvalue weighted by Gasteiger charge is -2.16. The molecule has 1 rings (SSSR count). The van der Waals surface area contributed by atoms with Crippen molar-refractivity contribution in [1.29, 1.82) is 0 Å². The number of nitrogens with one attached hydrogen (secondary N) is 1. The second-order valence-electron chi connectivity index (χ2n) is 3.10. The van der Waals surface area contributed by atoms with Gasteiger partial charge in [0.25, 0.3) is 5.91 Å². The molecule has 1 amide bonds. The molecule has 2 N–H and O–H groups in total. The third-order valence-corrected chi connectivity index (χ3v) is 2.31. The number of hydrogen-bond donors (Lipinski definition) is 2. The summed E-state index contributed by atoms with van der Waals surface area (Å²) in [5, 5.41) is 10.2. The topological polar surface area (TPSA) is 52.6 Å². The van der Waals surface area contributed by atoms with Gasteiger partial charge in [-0.05, 0) is 18.2 Å². The largest absolute Gasteiger partial charge is 0.395 e. The number of halogens is 1. The minimum Gasteiger partial charge on any atom is -0.395 e. The van der Waals surface area contributed by atoms with Crippen LogP contribution < -0.4 is 5.43 Å². The molecular formula is C10H13BrN2O2. The maximum absolute atomic E-state index is 11.6. The standard InChI is InChI=1S/C10H13BrN2O2/c1-13(5-6-14)12-10(15)8-3-2-4-9(11)7-8/h2-4,7,14H,5-6H2,1H3,(H,12,15). The highest BCUT2D eigenvalue weighted by atomic mass is 79.9. The zero-order valence-corrected chi connectivity index (χ0v) is 9.99. The van der Waals surface area contributed by atoms with E-state index in [1.54, 1.807) is 30.3 Å². The molecule has 0 unspecified atom stereocenters. The Labute approximate surface area is 97.0 Å². The molecule has 0 aliphatic heterocycles. The van der Waals surface area contributed by atoms with Gasteiger partial charge in [-0.1, -0.05) is 22.0 Å². The number of nitrogens with zero attached hydrogens (tertiary/aromatic N) is 1. The predicted molar refractivity (Wildman–Crippen MR) is 61.3 cm³/mol. The number of aliphatic hydroxyl groups excluding tert-OH is 1. The third-order valence-electron chi connectivity index (χ3n) is 1.81. The zero-order chi connectivity index (χ0) is 11.3. The number of likely N-dealkylation sites (N-methyl/N-ethyl adjacent to an activating group) is 1. The van der Waals surface area contributed by atoms with Crippen molar-refractivity contribution in [1.82, 2.24) is 10.4 Å². The van der Waals surface area contributed by atoms with E-state index in [0.29, 0.717) is 12.1 Å². The number of carbonyl (C=O) groups excluding carboxylic acids is 1. The Morgan fingerprint density at radius 2 is 2.33 bits per heavy atom. The van der Waals surface area contributed by atoms with E-state index >= 15 is 0 Å². The van der Waals surface area contributed by atoms with Gasteiger partial charge in [-0.2, -0.15) is 0 Å². The molecular weight excluding hydrogens is 260 g/mol. The van der Waals surface area contributed by atoms with Gasteiger partial charge in [-0.3, -0.25) is 10.2 Å². The van der Waals surface area contributed by atoms with Crippen molar-refractivity contribution in [2.75, 3.05) is 20.2 Å². The predicted octanol–water partition coefficient (Wildman–Crippen LogP) is 1.02. The lowest BCUT2D eigenvalue weighted by atomic mass is 10.2. The number of rotatable bonds is 4. The molecule has 0 heterocycles. The monoisotopic (exact) mass is 272 g/mol. The minimum atomic E-state index is -0.188. The minimum absolute atomic E-state index is 0.00919. The molecule has 1 aromatic carbocycles. The van der Waals surface area contributed by atoms with E-state index in [-0.39, 0.29) is 12.5 Å². The fourth-order valence-corrected chi connectivity index (χ4v) is 1.47. The van der Waals surface area contributed by atoms with Crippen LogP contribution in [0.3, 0.4) is 0 Å². The number of benzene rings is 1. The van der Waals surface area contributed by atoms with E-state index in [0.717, 1.165) is 4.47 Å². The summed E-state index contributed by atoms with van der Waals surface area (Å²) in [4.78, 5) is 11.6. The van der Waals surface area contributed by atoms with Gasteiger partial charge in [0.15, 0.2) is 0 Å². The first-order valence-corrected chi connectivity index (χ1v) is 5.31. The first-order valence-electron chi connectivity index (χ1n) is 4.52. The second kappa shape index (κ2) is 5.85. The van der Waals surface area contributed by atoms with Crippen LogP contribution in [-0.4, -0.2) is 36.2 Å². The van der Waals surface area contributed by atoms with Gasteiger partial charge >= 0.3 is 0 Å². The van der Waals surface area contributed by atoms with E-state index in [1.165, 1.54) is 0 Å². The molecule has 0 atom stereocenters. The second-order valence-corrected chi connectivity index (χ2v) is 4.01. The summed E-state index contributed by atoms with van der Waals surface area (Å²) in [5.41, 5.74) is 3.22. The summed E-state index contributed by atoms with van der Waals surface area (Å²) in [6, 6.07) is 7.12.